The molecular weight excluding hydrogens is 410 g/mol. The van der Waals surface area contributed by atoms with Crippen molar-refractivity contribution >= 4 is 17.7 Å². The summed E-state index contributed by atoms with van der Waals surface area (Å²) in [5.74, 6) is 0.228. The molecule has 2 aromatic carbocycles. The lowest BCUT2D eigenvalue weighted by atomic mass is 10.1. The van der Waals surface area contributed by atoms with Crippen LogP contribution in [0.3, 0.4) is 0 Å². The highest BCUT2D eigenvalue weighted by Crippen LogP contribution is 2.36. The molecule has 0 saturated heterocycles. The number of thioether (sulfide) groups is 1. The third kappa shape index (κ3) is 5.20. The van der Waals surface area contributed by atoms with E-state index in [0.717, 1.165) is 28.3 Å². The number of aromatic nitrogens is 2. The minimum atomic E-state index is -1.04. The average Bonchev–Trinajstić information content (AvgIpc) is 3.23. The van der Waals surface area contributed by atoms with Gasteiger partial charge in [0, 0.05) is 29.0 Å². The van der Waals surface area contributed by atoms with Crippen molar-refractivity contribution in [3.8, 4) is 22.6 Å². The smallest absolute Gasteiger partial charge is 0.320 e. The van der Waals surface area contributed by atoms with Crippen LogP contribution in [0, 0.1) is 0 Å². The lowest BCUT2D eigenvalue weighted by Crippen LogP contribution is -2.32. The minimum absolute atomic E-state index is 0.184. The molecule has 2 heterocycles. The van der Waals surface area contributed by atoms with Crippen LogP contribution >= 0.6 is 11.8 Å². The maximum absolute atomic E-state index is 11.0. The summed E-state index contributed by atoms with van der Waals surface area (Å²) < 4.78 is 6.13. The molecule has 7 heteroatoms. The van der Waals surface area contributed by atoms with Crippen LogP contribution in [0.25, 0.3) is 22.6 Å². The normalized spacial score (nSPS) is 11.9. The Bertz CT molecular complexity index is 1110. The first-order chi connectivity index (χ1) is 15.1. The van der Waals surface area contributed by atoms with Crippen molar-refractivity contribution < 1.29 is 14.3 Å². The molecule has 0 bridgehead atoms. The molecule has 4 rings (SSSR count). The first kappa shape index (κ1) is 20.8. The van der Waals surface area contributed by atoms with E-state index in [9.17, 15) is 4.79 Å². The minimum Gasteiger partial charge on any atom is -0.480 e. The number of hydrogen-bond acceptors (Lipinski definition) is 6. The van der Waals surface area contributed by atoms with Gasteiger partial charge in [-0.05, 0) is 12.1 Å². The Kier molecular flexibility index (Phi) is 6.45. The number of benzene rings is 2. The average molecular weight is 432 g/mol. The largest absolute Gasteiger partial charge is 0.480 e. The molecule has 0 aliphatic rings. The molecule has 6 nitrogen and oxygen atoms in total. The number of aliphatic carboxylic acids is 1. The molecule has 4 aromatic rings. The number of carbonyl (C=O) groups is 1. The van der Waals surface area contributed by atoms with Crippen molar-refractivity contribution in [3.63, 3.8) is 0 Å². The van der Waals surface area contributed by atoms with Gasteiger partial charge in [0.1, 0.15) is 11.7 Å². The predicted octanol–water partition coefficient (Wildman–Crippen LogP) is 4.65. The fourth-order valence-electron chi connectivity index (χ4n) is 3.11. The number of pyridine rings is 1. The Labute approximate surface area is 184 Å². The van der Waals surface area contributed by atoms with E-state index in [4.69, 9.17) is 20.2 Å². The van der Waals surface area contributed by atoms with E-state index in [2.05, 4.69) is 4.98 Å². The van der Waals surface area contributed by atoms with Crippen molar-refractivity contribution in [2.45, 2.75) is 23.4 Å². The standard InChI is InChI=1S/C24H21N3O3S/c25-20(23(28)29)14-18-12-7-13-19(26-18)15-31-24-27-21(16-8-3-1-4-9-16)22(30-24)17-10-5-2-6-11-17/h1-13,20H,14-15,25H2,(H,28,29). The van der Waals surface area contributed by atoms with Crippen molar-refractivity contribution in [1.29, 1.82) is 0 Å². The molecule has 31 heavy (non-hydrogen) atoms. The van der Waals surface area contributed by atoms with Gasteiger partial charge >= 0.3 is 5.97 Å². The fraction of sp³-hybridized carbons (Fsp3) is 0.125. The van der Waals surface area contributed by atoms with Gasteiger partial charge in [0.05, 0.1) is 5.69 Å². The van der Waals surface area contributed by atoms with Crippen LogP contribution in [-0.2, 0) is 17.0 Å². The van der Waals surface area contributed by atoms with E-state index < -0.39 is 12.0 Å². The van der Waals surface area contributed by atoms with E-state index in [-0.39, 0.29) is 6.42 Å². The van der Waals surface area contributed by atoms with Crippen LogP contribution in [0.5, 0.6) is 0 Å². The van der Waals surface area contributed by atoms with Gasteiger partial charge in [-0.25, -0.2) is 4.98 Å². The first-order valence-electron chi connectivity index (χ1n) is 9.78. The second-order valence-electron chi connectivity index (χ2n) is 6.95. The third-order valence-electron chi connectivity index (χ3n) is 4.64. The number of nitrogens with zero attached hydrogens (tertiary/aromatic N) is 2. The van der Waals surface area contributed by atoms with Crippen molar-refractivity contribution in [2.24, 2.45) is 5.73 Å². The van der Waals surface area contributed by atoms with Gasteiger partial charge in [-0.1, -0.05) is 78.5 Å². The van der Waals surface area contributed by atoms with E-state index in [1.165, 1.54) is 11.8 Å². The number of hydrogen-bond donors (Lipinski definition) is 2. The van der Waals surface area contributed by atoms with Crippen LogP contribution in [0.2, 0.25) is 0 Å². The lowest BCUT2D eigenvalue weighted by Gasteiger charge is -2.07. The lowest BCUT2D eigenvalue weighted by molar-refractivity contribution is -0.138. The number of oxazole rings is 1. The number of nitrogens with two attached hydrogens (primary N) is 1. The molecule has 0 aliphatic carbocycles. The summed E-state index contributed by atoms with van der Waals surface area (Å²) in [4.78, 5) is 20.2. The highest BCUT2D eigenvalue weighted by Gasteiger charge is 2.18. The number of carboxylic acids is 1. The fourth-order valence-corrected chi connectivity index (χ4v) is 3.84. The van der Waals surface area contributed by atoms with E-state index in [1.807, 2.05) is 72.8 Å². The summed E-state index contributed by atoms with van der Waals surface area (Å²) in [7, 11) is 0. The molecular formula is C24H21N3O3S. The highest BCUT2D eigenvalue weighted by atomic mass is 32.2. The maximum atomic E-state index is 11.0. The molecule has 0 radical (unpaired) electrons. The van der Waals surface area contributed by atoms with E-state index in [1.54, 1.807) is 6.07 Å². The Morgan fingerprint density at radius 3 is 2.23 bits per heavy atom. The molecule has 0 fully saturated rings. The Hall–Kier alpha value is -3.42. The van der Waals surface area contributed by atoms with Crippen LogP contribution in [0.1, 0.15) is 11.4 Å². The number of rotatable bonds is 8. The summed E-state index contributed by atoms with van der Waals surface area (Å²) in [5.41, 5.74) is 9.82. The van der Waals surface area contributed by atoms with Gasteiger partial charge < -0.3 is 15.3 Å². The summed E-state index contributed by atoms with van der Waals surface area (Å²) in [6, 6.07) is 24.4. The SMILES string of the molecule is NC(Cc1cccc(CSc2nc(-c3ccccc3)c(-c3ccccc3)o2)n1)C(=O)O. The van der Waals surface area contributed by atoms with E-state index in [0.29, 0.717) is 16.7 Å². The molecule has 1 unspecified atom stereocenters. The third-order valence-corrected chi connectivity index (χ3v) is 5.51. The summed E-state index contributed by atoms with van der Waals surface area (Å²) in [6.45, 7) is 0. The van der Waals surface area contributed by atoms with Gasteiger partial charge in [0.15, 0.2) is 5.76 Å². The van der Waals surface area contributed by atoms with Crippen molar-refractivity contribution in [3.05, 3.63) is 90.3 Å². The monoisotopic (exact) mass is 431 g/mol. The van der Waals surface area contributed by atoms with Crippen molar-refractivity contribution in [2.75, 3.05) is 0 Å². The molecule has 0 saturated carbocycles. The Morgan fingerprint density at radius 1 is 0.903 bits per heavy atom. The van der Waals surface area contributed by atoms with Gasteiger partial charge in [-0.15, -0.1) is 0 Å². The summed E-state index contributed by atoms with van der Waals surface area (Å²) in [5, 5.41) is 9.55. The van der Waals surface area contributed by atoms with Crippen LogP contribution in [0.15, 0.2) is 88.5 Å². The van der Waals surface area contributed by atoms with Gasteiger partial charge in [-0.2, -0.15) is 0 Å². The van der Waals surface area contributed by atoms with Crippen LogP contribution in [-0.4, -0.2) is 27.1 Å². The molecule has 156 valence electrons. The second kappa shape index (κ2) is 9.59. The van der Waals surface area contributed by atoms with Gasteiger partial charge in [0.25, 0.3) is 5.22 Å². The van der Waals surface area contributed by atoms with Crippen LogP contribution in [0.4, 0.5) is 0 Å². The second-order valence-corrected chi connectivity index (χ2v) is 7.87. The molecule has 1 atom stereocenters. The van der Waals surface area contributed by atoms with Crippen LogP contribution < -0.4 is 5.73 Å². The van der Waals surface area contributed by atoms with Gasteiger partial charge in [0.2, 0.25) is 0 Å². The predicted molar refractivity (Wildman–Crippen MR) is 120 cm³/mol. The summed E-state index contributed by atoms with van der Waals surface area (Å²) >= 11 is 1.44. The van der Waals surface area contributed by atoms with Gasteiger partial charge in [-0.3, -0.25) is 9.78 Å². The van der Waals surface area contributed by atoms with Crippen molar-refractivity contribution in [1.82, 2.24) is 9.97 Å². The highest BCUT2D eigenvalue weighted by molar-refractivity contribution is 7.98. The van der Waals surface area contributed by atoms with E-state index >= 15 is 0 Å². The zero-order chi connectivity index (χ0) is 21.6. The maximum Gasteiger partial charge on any atom is 0.320 e. The zero-order valence-electron chi connectivity index (χ0n) is 16.6. The summed E-state index contributed by atoms with van der Waals surface area (Å²) in [6.07, 6.45) is 0.184. The quantitative estimate of drug-likeness (QED) is 0.392. The molecule has 3 N–H and O–H groups in total. The molecule has 0 aliphatic heterocycles. The first-order valence-corrected chi connectivity index (χ1v) is 10.8. The Morgan fingerprint density at radius 2 is 1.55 bits per heavy atom. The Balaban J connectivity index is 1.56. The topological polar surface area (TPSA) is 102 Å². The molecule has 0 spiro atoms. The molecule has 2 aromatic heterocycles. The molecule has 0 amide bonds. The number of carboxylic acid groups (broad SMARTS) is 1. The zero-order valence-corrected chi connectivity index (χ0v) is 17.5.